The molecule has 15 heteroatoms. The van der Waals surface area contributed by atoms with Gasteiger partial charge in [-0.05, 0) is 64.2 Å². The van der Waals surface area contributed by atoms with Crippen LogP contribution in [0.15, 0.2) is 12.2 Å². The summed E-state index contributed by atoms with van der Waals surface area (Å²) in [5, 5.41) is 37.0. The van der Waals surface area contributed by atoms with Crippen molar-refractivity contribution in [3.8, 4) is 11.5 Å². The van der Waals surface area contributed by atoms with Gasteiger partial charge in [0.1, 0.15) is 21.4 Å². The number of aliphatic hydroxyl groups is 1. The first-order valence-electron chi connectivity index (χ1n) is 15.9. The quantitative estimate of drug-likeness (QED) is 0.104. The minimum absolute atomic E-state index is 0.0858. The molecule has 2 heterocycles. The van der Waals surface area contributed by atoms with Crippen molar-refractivity contribution in [1.29, 1.82) is 0 Å². The Labute approximate surface area is 291 Å². The molecular weight excluding hydrogens is 692 g/mol. The number of nitrogens with two attached hydrogens (primary N) is 1. The molecule has 0 saturated carbocycles. The summed E-state index contributed by atoms with van der Waals surface area (Å²) in [5.41, 5.74) is 8.65. The maximum Gasteiger partial charge on any atom is 0.328 e. The van der Waals surface area contributed by atoms with Crippen molar-refractivity contribution in [3.05, 3.63) is 34.4 Å². The maximum absolute atomic E-state index is 11.3. The lowest BCUT2D eigenvalue weighted by Crippen LogP contribution is -2.50. The highest BCUT2D eigenvalue weighted by atomic mass is 79.9. The summed E-state index contributed by atoms with van der Waals surface area (Å²) in [7, 11) is 0. The average Bonchev–Trinajstić information content (AvgIpc) is 3.30. The van der Waals surface area contributed by atoms with Crippen LogP contribution in [0, 0.1) is 20.8 Å². The van der Waals surface area contributed by atoms with Crippen LogP contribution in [0.3, 0.4) is 0 Å². The number of carboxylic acids is 2. The van der Waals surface area contributed by atoms with Gasteiger partial charge in [-0.15, -0.1) is 0 Å². The fourth-order valence-corrected chi connectivity index (χ4v) is 5.52. The van der Waals surface area contributed by atoms with Crippen LogP contribution in [-0.2, 0) is 19.1 Å². The van der Waals surface area contributed by atoms with Crippen LogP contribution in [0.4, 0.5) is 4.79 Å². The van der Waals surface area contributed by atoms with Crippen molar-refractivity contribution in [1.82, 2.24) is 15.1 Å². The fourth-order valence-electron chi connectivity index (χ4n) is 5.42. The molecule has 1 aromatic carbocycles. The van der Waals surface area contributed by atoms with Gasteiger partial charge < -0.3 is 40.5 Å². The zero-order chi connectivity index (χ0) is 36.8. The van der Waals surface area contributed by atoms with E-state index in [1.54, 1.807) is 0 Å². The van der Waals surface area contributed by atoms with E-state index < -0.39 is 22.3 Å². The number of benzene rings is 1. The summed E-state index contributed by atoms with van der Waals surface area (Å²) in [6.07, 6.45) is 2.34. The molecule has 0 spiro atoms. The number of primary amides is 1. The van der Waals surface area contributed by atoms with Crippen molar-refractivity contribution in [2.45, 2.75) is 77.2 Å². The smallest absolute Gasteiger partial charge is 0.328 e. The Kier molecular flexibility index (Phi) is 17.5. The van der Waals surface area contributed by atoms with Gasteiger partial charge in [0.15, 0.2) is 0 Å². The second-order valence-electron chi connectivity index (χ2n) is 12.2. The van der Waals surface area contributed by atoms with Crippen LogP contribution >= 0.6 is 15.9 Å². The molecule has 1 aromatic rings. The highest BCUT2D eigenvalue weighted by Gasteiger charge is 2.45. The number of carbonyl (C=O) groups excluding carboxylic acids is 2. The monoisotopic (exact) mass is 744 g/mol. The van der Waals surface area contributed by atoms with E-state index in [1.807, 2.05) is 39.9 Å². The molecule has 3 rings (SSSR count). The molecule has 1 saturated heterocycles. The van der Waals surface area contributed by atoms with Gasteiger partial charge in [0.2, 0.25) is 5.91 Å². The molecule has 0 aliphatic carbocycles. The zero-order valence-electron chi connectivity index (χ0n) is 29.1. The summed E-state index contributed by atoms with van der Waals surface area (Å²) in [6, 6.07) is -0.814. The number of hydrogen-bond donors (Lipinski definition) is 6. The lowest BCUT2D eigenvalue weighted by molar-refractivity contribution is -0.134. The van der Waals surface area contributed by atoms with Crippen molar-refractivity contribution in [2.75, 3.05) is 59.1 Å². The first-order valence-corrected chi connectivity index (χ1v) is 16.7. The number of piperazine rings is 1. The van der Waals surface area contributed by atoms with E-state index in [0.29, 0.717) is 44.0 Å². The molecule has 1 atom stereocenters. The molecule has 0 bridgehead atoms. The maximum atomic E-state index is 11.3. The number of aliphatic carboxylic acids is 2. The number of hydrogen-bond acceptors (Lipinski definition) is 10. The van der Waals surface area contributed by atoms with E-state index in [0.717, 1.165) is 61.7 Å². The normalized spacial score (nSPS) is 17.3. The van der Waals surface area contributed by atoms with Crippen molar-refractivity contribution in [3.63, 3.8) is 0 Å². The number of fused-ring (bicyclic) bond motifs is 1. The summed E-state index contributed by atoms with van der Waals surface area (Å²) in [5.74, 6) is -1.26. The molecule has 2 aliphatic heterocycles. The second kappa shape index (κ2) is 19.7. The molecule has 0 aromatic heterocycles. The minimum atomic E-state index is -1.26. The molecule has 48 heavy (non-hydrogen) atoms. The molecule has 14 nitrogen and oxygen atoms in total. The number of alkyl halides is 1. The number of ether oxygens (including phenoxy) is 2. The number of amides is 3. The number of nitrogens with zero attached hydrogens (tertiary/aromatic N) is 2. The van der Waals surface area contributed by atoms with Crippen LogP contribution in [0.5, 0.6) is 11.5 Å². The number of rotatable bonds is 12. The Morgan fingerprint density at radius 2 is 1.50 bits per heavy atom. The van der Waals surface area contributed by atoms with Crippen LogP contribution in [-0.4, -0.2) is 123 Å². The summed E-state index contributed by atoms with van der Waals surface area (Å²) in [4.78, 5) is 45.7. The largest absolute Gasteiger partial charge is 0.507 e. The number of phenolic OH excluding ortho intramolecular Hbond substituents is 1. The summed E-state index contributed by atoms with van der Waals surface area (Å²) in [6.45, 7) is 21.2. The highest BCUT2D eigenvalue weighted by molar-refractivity contribution is 9.10. The number of nitrogens with one attached hydrogen (secondary N) is 1. The SMILES string of the molecule is CCC(Br)(CC)C(=O)NC(N)=O.Cc1c(C)c2c(c(C)c1O)C(CN1CCN(CCOCCO)CC1)C(C)(C)O2.O=C(O)/C=C\C(=O)O. The number of imide groups is 1. The number of phenols is 1. The van der Waals surface area contributed by atoms with Gasteiger partial charge in [-0.3, -0.25) is 15.0 Å². The Bertz CT molecular complexity index is 1280. The Balaban J connectivity index is 0.000000475. The third kappa shape index (κ3) is 12.7. The van der Waals surface area contributed by atoms with Crippen molar-refractivity contribution >= 4 is 39.8 Å². The zero-order valence-corrected chi connectivity index (χ0v) is 30.7. The predicted molar refractivity (Wildman–Crippen MR) is 185 cm³/mol. The highest BCUT2D eigenvalue weighted by Crippen LogP contribution is 2.51. The van der Waals surface area contributed by atoms with Gasteiger partial charge in [0.25, 0.3) is 0 Å². The first kappa shape index (κ1) is 42.8. The third-order valence-electron chi connectivity index (χ3n) is 8.64. The number of aromatic hydroxyl groups is 1. The molecule has 2 aliphatic rings. The van der Waals surface area contributed by atoms with E-state index in [9.17, 15) is 24.3 Å². The number of aliphatic hydroxyl groups excluding tert-OH is 1. The van der Waals surface area contributed by atoms with Gasteiger partial charge in [-0.25, -0.2) is 14.4 Å². The lowest BCUT2D eigenvalue weighted by Gasteiger charge is -2.38. The predicted octanol–water partition coefficient (Wildman–Crippen LogP) is 3.05. The van der Waals surface area contributed by atoms with E-state index in [1.165, 1.54) is 5.56 Å². The molecule has 1 fully saturated rings. The summed E-state index contributed by atoms with van der Waals surface area (Å²) < 4.78 is 11.1. The molecular formula is C33H53BrN4O10. The second-order valence-corrected chi connectivity index (χ2v) is 13.7. The van der Waals surface area contributed by atoms with E-state index in [4.69, 9.17) is 30.5 Å². The fraction of sp³-hybridized carbons (Fsp3) is 0.636. The van der Waals surface area contributed by atoms with Crippen LogP contribution in [0.25, 0.3) is 0 Å². The number of urea groups is 1. The third-order valence-corrected chi connectivity index (χ3v) is 10.1. The van der Waals surface area contributed by atoms with Crippen molar-refractivity contribution < 1.29 is 49.1 Å². The van der Waals surface area contributed by atoms with Crippen LogP contribution in [0.1, 0.15) is 68.7 Å². The molecule has 1 unspecified atom stereocenters. The van der Waals surface area contributed by atoms with Gasteiger partial charge in [-0.1, -0.05) is 29.8 Å². The standard InChI is InChI=1S/C22H36N2O4.C7H13BrN2O2.C4H4O4/c1-15-16(2)21-19(17(3)20(15)26)18(22(4,5)28-21)14-24-8-6-23(7-9-24)10-12-27-13-11-25;1-3-7(8,4-2)5(11)10-6(9)12;5-3(6)1-2-4(7)8/h18,25-26H,6-14H2,1-5H3;3-4H2,1-2H3,(H3,9,10,11,12);1-2H,(H,5,6)(H,7,8)/b;;2-1-. The average molecular weight is 746 g/mol. The minimum Gasteiger partial charge on any atom is -0.507 e. The van der Waals surface area contributed by atoms with Gasteiger partial charge >= 0.3 is 18.0 Å². The molecule has 7 N–H and O–H groups in total. The van der Waals surface area contributed by atoms with Gasteiger partial charge in [-0.2, -0.15) is 0 Å². The number of carbonyl (C=O) groups is 4. The van der Waals surface area contributed by atoms with E-state index in [-0.39, 0.29) is 24.0 Å². The lowest BCUT2D eigenvalue weighted by atomic mass is 9.82. The van der Waals surface area contributed by atoms with Crippen LogP contribution in [0.2, 0.25) is 0 Å². The molecule has 3 amide bonds. The molecule has 272 valence electrons. The van der Waals surface area contributed by atoms with Crippen molar-refractivity contribution in [2.24, 2.45) is 5.73 Å². The molecule has 0 radical (unpaired) electrons. The summed E-state index contributed by atoms with van der Waals surface area (Å²) >= 11 is 3.26. The number of carboxylic acid groups (broad SMARTS) is 2. The van der Waals surface area contributed by atoms with Gasteiger partial charge in [0, 0.05) is 62.9 Å². The van der Waals surface area contributed by atoms with Gasteiger partial charge in [0.05, 0.1) is 19.8 Å². The first-order chi connectivity index (χ1) is 22.3. The van der Waals surface area contributed by atoms with E-state index >= 15 is 0 Å². The topological polar surface area (TPSA) is 212 Å². The Morgan fingerprint density at radius 1 is 0.979 bits per heavy atom. The Hall–Kier alpha value is -3.24. The van der Waals surface area contributed by atoms with Crippen LogP contribution < -0.4 is 15.8 Å². The van der Waals surface area contributed by atoms with E-state index in [2.05, 4.69) is 39.6 Å². The number of halogens is 1. The Morgan fingerprint density at radius 3 is 1.96 bits per heavy atom.